The first-order valence-electron chi connectivity index (χ1n) is 5.84. The second kappa shape index (κ2) is 3.74. The minimum Gasteiger partial charge on any atom is -0.0905 e. The van der Waals surface area contributed by atoms with E-state index in [0.29, 0.717) is 0 Å². The van der Waals surface area contributed by atoms with Crippen molar-refractivity contribution < 1.29 is 0 Å². The zero-order valence-electron chi connectivity index (χ0n) is 9.90. The third-order valence-electron chi connectivity index (χ3n) is 3.33. The maximum absolute atomic E-state index is 4.26. The quantitative estimate of drug-likeness (QED) is 0.605. The van der Waals surface area contributed by atoms with Crippen LogP contribution in [0.15, 0.2) is 55.1 Å². The topological polar surface area (TPSA) is 0 Å². The van der Waals surface area contributed by atoms with E-state index in [0.717, 1.165) is 5.57 Å². The summed E-state index contributed by atoms with van der Waals surface area (Å²) < 4.78 is 0. The van der Waals surface area contributed by atoms with Gasteiger partial charge in [0.1, 0.15) is 0 Å². The largest absolute Gasteiger partial charge is 0.0905 e. The fourth-order valence-corrected chi connectivity index (χ4v) is 2.44. The molecule has 0 saturated carbocycles. The average Bonchev–Trinajstić information content (AvgIpc) is 2.48. The Morgan fingerprint density at radius 3 is 2.12 bits per heavy atom. The highest BCUT2D eigenvalue weighted by Gasteiger charge is 2.14. The Morgan fingerprint density at radius 1 is 0.765 bits per heavy atom. The SMILES string of the molecule is C=C1c2ccccc2C=C(C)c2ccccc21. The van der Waals surface area contributed by atoms with Crippen molar-refractivity contribution >= 4 is 17.2 Å². The lowest BCUT2D eigenvalue weighted by atomic mass is 9.94. The van der Waals surface area contributed by atoms with Gasteiger partial charge in [0.15, 0.2) is 0 Å². The van der Waals surface area contributed by atoms with Crippen molar-refractivity contribution in [3.05, 3.63) is 77.4 Å². The lowest BCUT2D eigenvalue weighted by molar-refractivity contribution is 1.52. The van der Waals surface area contributed by atoms with E-state index in [-0.39, 0.29) is 0 Å². The van der Waals surface area contributed by atoms with Crippen LogP contribution in [0, 0.1) is 0 Å². The van der Waals surface area contributed by atoms with Crippen molar-refractivity contribution in [2.75, 3.05) is 0 Å². The van der Waals surface area contributed by atoms with E-state index in [4.69, 9.17) is 0 Å². The van der Waals surface area contributed by atoms with Gasteiger partial charge in [0.05, 0.1) is 0 Å². The molecule has 1 aliphatic rings. The molecular formula is C17H14. The smallest absolute Gasteiger partial charge is 0.0108 e. The second-order valence-corrected chi connectivity index (χ2v) is 4.44. The molecule has 1 aliphatic carbocycles. The molecule has 17 heavy (non-hydrogen) atoms. The van der Waals surface area contributed by atoms with E-state index < -0.39 is 0 Å². The zero-order chi connectivity index (χ0) is 11.8. The molecule has 0 amide bonds. The fourth-order valence-electron chi connectivity index (χ4n) is 2.44. The van der Waals surface area contributed by atoms with Gasteiger partial charge in [-0.3, -0.25) is 0 Å². The van der Waals surface area contributed by atoms with Crippen LogP contribution in [0.1, 0.15) is 29.2 Å². The van der Waals surface area contributed by atoms with Crippen molar-refractivity contribution in [1.82, 2.24) is 0 Å². The zero-order valence-corrected chi connectivity index (χ0v) is 9.90. The van der Waals surface area contributed by atoms with Crippen LogP contribution in [-0.4, -0.2) is 0 Å². The highest BCUT2D eigenvalue weighted by molar-refractivity contribution is 5.96. The number of hydrogen-bond acceptors (Lipinski definition) is 0. The normalized spacial score (nSPS) is 13.5. The number of allylic oxidation sites excluding steroid dienone is 1. The summed E-state index contributed by atoms with van der Waals surface area (Å²) in [7, 11) is 0. The summed E-state index contributed by atoms with van der Waals surface area (Å²) >= 11 is 0. The molecule has 3 rings (SSSR count). The predicted molar refractivity (Wildman–Crippen MR) is 74.6 cm³/mol. The van der Waals surface area contributed by atoms with E-state index in [1.54, 1.807) is 0 Å². The van der Waals surface area contributed by atoms with Crippen molar-refractivity contribution in [2.45, 2.75) is 6.92 Å². The molecule has 0 atom stereocenters. The molecule has 82 valence electrons. The molecule has 2 aromatic carbocycles. The molecule has 0 unspecified atom stereocenters. The summed E-state index contributed by atoms with van der Waals surface area (Å²) in [5, 5.41) is 0. The summed E-state index contributed by atoms with van der Waals surface area (Å²) in [6.45, 7) is 6.42. The first-order valence-corrected chi connectivity index (χ1v) is 5.84. The molecule has 0 radical (unpaired) electrons. The van der Waals surface area contributed by atoms with Crippen LogP contribution in [0.3, 0.4) is 0 Å². The van der Waals surface area contributed by atoms with E-state index in [9.17, 15) is 0 Å². The molecule has 0 heteroatoms. The maximum Gasteiger partial charge on any atom is -0.0108 e. The highest BCUT2D eigenvalue weighted by atomic mass is 14.2. The van der Waals surface area contributed by atoms with Gasteiger partial charge in [-0.25, -0.2) is 0 Å². The third kappa shape index (κ3) is 1.53. The van der Waals surface area contributed by atoms with E-state index in [1.165, 1.54) is 27.8 Å². The Morgan fingerprint density at radius 2 is 1.35 bits per heavy atom. The van der Waals surface area contributed by atoms with Crippen LogP contribution >= 0.6 is 0 Å². The second-order valence-electron chi connectivity index (χ2n) is 4.44. The van der Waals surface area contributed by atoms with Crippen molar-refractivity contribution in [1.29, 1.82) is 0 Å². The molecular weight excluding hydrogens is 204 g/mol. The summed E-state index contributed by atoms with van der Waals surface area (Å²) in [6.07, 6.45) is 2.24. The maximum atomic E-state index is 4.26. The molecule has 0 aliphatic heterocycles. The Labute approximate surface area is 102 Å². The van der Waals surface area contributed by atoms with Crippen LogP contribution in [0.5, 0.6) is 0 Å². The number of benzene rings is 2. The molecule has 2 aromatic rings. The number of fused-ring (bicyclic) bond motifs is 2. The van der Waals surface area contributed by atoms with Gasteiger partial charge in [0.25, 0.3) is 0 Å². The molecule has 0 saturated heterocycles. The first-order chi connectivity index (χ1) is 8.27. The summed E-state index contributed by atoms with van der Waals surface area (Å²) in [6, 6.07) is 16.9. The summed E-state index contributed by atoms with van der Waals surface area (Å²) in [5.41, 5.74) is 7.43. The Balaban J connectivity index is 2.36. The van der Waals surface area contributed by atoms with Gasteiger partial charge >= 0.3 is 0 Å². The van der Waals surface area contributed by atoms with Gasteiger partial charge in [0, 0.05) is 0 Å². The lowest BCUT2D eigenvalue weighted by Crippen LogP contribution is -1.90. The van der Waals surface area contributed by atoms with Gasteiger partial charge in [-0.05, 0) is 40.3 Å². The molecule has 0 heterocycles. The Hall–Kier alpha value is -2.08. The predicted octanol–water partition coefficient (Wildman–Crippen LogP) is 4.62. The molecule has 0 aromatic heterocycles. The van der Waals surface area contributed by atoms with E-state index in [1.807, 2.05) is 0 Å². The van der Waals surface area contributed by atoms with Gasteiger partial charge in [-0.2, -0.15) is 0 Å². The summed E-state index contributed by atoms with van der Waals surface area (Å²) in [4.78, 5) is 0. The van der Waals surface area contributed by atoms with Crippen molar-refractivity contribution in [3.8, 4) is 0 Å². The molecule has 0 fully saturated rings. The van der Waals surface area contributed by atoms with Crippen molar-refractivity contribution in [3.63, 3.8) is 0 Å². The first kappa shape index (κ1) is 10.1. The third-order valence-corrected chi connectivity index (χ3v) is 3.33. The molecule has 0 nitrogen and oxygen atoms in total. The van der Waals surface area contributed by atoms with E-state index >= 15 is 0 Å². The standard InChI is InChI=1S/C17H14/c1-12-11-14-7-3-4-9-16(14)13(2)17-10-6-5-8-15(12)17/h3-11H,2H2,1H3. The van der Waals surface area contributed by atoms with Crippen LogP contribution in [0.2, 0.25) is 0 Å². The highest BCUT2D eigenvalue weighted by Crippen LogP contribution is 2.35. The number of hydrogen-bond donors (Lipinski definition) is 0. The van der Waals surface area contributed by atoms with Gasteiger partial charge < -0.3 is 0 Å². The van der Waals surface area contributed by atoms with Crippen LogP contribution in [0.4, 0.5) is 0 Å². The van der Waals surface area contributed by atoms with E-state index in [2.05, 4.69) is 68.1 Å². The Bertz CT molecular complexity index is 630. The summed E-state index contributed by atoms with van der Waals surface area (Å²) in [5.74, 6) is 0. The average molecular weight is 218 g/mol. The van der Waals surface area contributed by atoms with Crippen LogP contribution < -0.4 is 0 Å². The molecule has 0 spiro atoms. The Kier molecular flexibility index (Phi) is 2.22. The van der Waals surface area contributed by atoms with Crippen LogP contribution in [-0.2, 0) is 0 Å². The monoisotopic (exact) mass is 218 g/mol. The van der Waals surface area contributed by atoms with Crippen LogP contribution in [0.25, 0.3) is 17.2 Å². The lowest BCUT2D eigenvalue weighted by Gasteiger charge is -2.10. The van der Waals surface area contributed by atoms with Gasteiger partial charge in [-0.15, -0.1) is 0 Å². The van der Waals surface area contributed by atoms with Gasteiger partial charge in [0.2, 0.25) is 0 Å². The van der Waals surface area contributed by atoms with Crippen molar-refractivity contribution in [2.24, 2.45) is 0 Å². The van der Waals surface area contributed by atoms with Gasteiger partial charge in [-0.1, -0.05) is 61.2 Å². The minimum absolute atomic E-state index is 1.12. The number of rotatable bonds is 0. The fraction of sp³-hybridized carbons (Fsp3) is 0.0588. The molecule has 0 bridgehead atoms. The molecule has 0 N–H and O–H groups in total. The minimum atomic E-state index is 1.12.